The number of carbonyl (C=O) groups is 1. The highest BCUT2D eigenvalue weighted by molar-refractivity contribution is 7.20. The molecular formula is C19H27N3O2S. The first-order valence-corrected chi connectivity index (χ1v) is 10.1. The molecule has 1 aliphatic carbocycles. The van der Waals surface area contributed by atoms with Crippen LogP contribution in [0.4, 0.5) is 0 Å². The summed E-state index contributed by atoms with van der Waals surface area (Å²) < 4.78 is 1.82. The molecule has 0 aliphatic heterocycles. The number of aromatic nitrogens is 2. The van der Waals surface area contributed by atoms with Crippen molar-refractivity contribution < 1.29 is 4.79 Å². The molecule has 0 saturated heterocycles. The van der Waals surface area contributed by atoms with Crippen LogP contribution in [-0.4, -0.2) is 33.4 Å². The molecule has 6 heteroatoms. The van der Waals surface area contributed by atoms with Crippen molar-refractivity contribution in [3.63, 3.8) is 0 Å². The Morgan fingerprint density at radius 1 is 1.32 bits per heavy atom. The lowest BCUT2D eigenvalue weighted by Gasteiger charge is -2.30. The molecule has 0 bridgehead atoms. The monoisotopic (exact) mass is 361 g/mol. The van der Waals surface area contributed by atoms with Gasteiger partial charge in [0, 0.05) is 19.1 Å². The van der Waals surface area contributed by atoms with Crippen molar-refractivity contribution in [2.75, 3.05) is 13.1 Å². The van der Waals surface area contributed by atoms with E-state index in [2.05, 4.69) is 11.9 Å². The van der Waals surface area contributed by atoms with E-state index in [0.29, 0.717) is 34.1 Å². The first-order valence-electron chi connectivity index (χ1n) is 9.29. The molecular weight excluding hydrogens is 334 g/mol. The summed E-state index contributed by atoms with van der Waals surface area (Å²) in [5, 5.41) is 0.626. The second-order valence-corrected chi connectivity index (χ2v) is 8.00. The fourth-order valence-corrected chi connectivity index (χ4v) is 5.05. The molecule has 25 heavy (non-hydrogen) atoms. The van der Waals surface area contributed by atoms with Crippen molar-refractivity contribution in [1.29, 1.82) is 0 Å². The van der Waals surface area contributed by atoms with Crippen LogP contribution in [0.1, 0.15) is 67.7 Å². The van der Waals surface area contributed by atoms with Crippen LogP contribution in [0.3, 0.4) is 0 Å². The Kier molecular flexibility index (Phi) is 5.27. The molecule has 0 aromatic carbocycles. The van der Waals surface area contributed by atoms with Gasteiger partial charge in [0.15, 0.2) is 0 Å². The first kappa shape index (κ1) is 18.1. The van der Waals surface area contributed by atoms with Gasteiger partial charge in [-0.2, -0.15) is 0 Å². The van der Waals surface area contributed by atoms with E-state index < -0.39 is 0 Å². The van der Waals surface area contributed by atoms with E-state index in [9.17, 15) is 9.59 Å². The molecule has 1 fully saturated rings. The third kappa shape index (κ3) is 3.12. The summed E-state index contributed by atoms with van der Waals surface area (Å²) in [5.41, 5.74) is 0.795. The Morgan fingerprint density at radius 3 is 2.64 bits per heavy atom. The van der Waals surface area contributed by atoms with Crippen LogP contribution in [0.5, 0.6) is 0 Å². The van der Waals surface area contributed by atoms with Crippen molar-refractivity contribution >= 4 is 27.5 Å². The van der Waals surface area contributed by atoms with E-state index in [0.717, 1.165) is 24.8 Å². The topological polar surface area (TPSA) is 55.2 Å². The first-order chi connectivity index (χ1) is 12.0. The molecule has 136 valence electrons. The van der Waals surface area contributed by atoms with Crippen LogP contribution in [-0.2, 0) is 0 Å². The molecule has 2 aromatic rings. The number of thiophene rings is 1. The SMILES string of the molecule is CCN(CC)C(=O)c1sc2ncn([C@@H]3CCCC[C@@H]3C)c(=O)c2c1C. The van der Waals surface area contributed by atoms with Gasteiger partial charge >= 0.3 is 0 Å². The van der Waals surface area contributed by atoms with Gasteiger partial charge in [-0.05, 0) is 45.1 Å². The molecule has 0 radical (unpaired) electrons. The summed E-state index contributed by atoms with van der Waals surface area (Å²) in [7, 11) is 0. The zero-order chi connectivity index (χ0) is 18.1. The molecule has 0 N–H and O–H groups in total. The highest BCUT2D eigenvalue weighted by Gasteiger charge is 2.27. The van der Waals surface area contributed by atoms with Gasteiger partial charge < -0.3 is 4.90 Å². The Labute approximate surface area is 152 Å². The van der Waals surface area contributed by atoms with Crippen LogP contribution in [0.15, 0.2) is 11.1 Å². The van der Waals surface area contributed by atoms with Crippen LogP contribution >= 0.6 is 11.3 Å². The summed E-state index contributed by atoms with van der Waals surface area (Å²) in [5.74, 6) is 0.490. The van der Waals surface area contributed by atoms with Crippen LogP contribution in [0.25, 0.3) is 10.2 Å². The Balaban J connectivity index is 2.09. The van der Waals surface area contributed by atoms with Crippen molar-refractivity contribution in [3.8, 4) is 0 Å². The van der Waals surface area contributed by atoms with Crippen molar-refractivity contribution in [2.24, 2.45) is 5.92 Å². The average molecular weight is 362 g/mol. The minimum Gasteiger partial charge on any atom is -0.338 e. The van der Waals surface area contributed by atoms with E-state index >= 15 is 0 Å². The fraction of sp³-hybridized carbons (Fsp3) is 0.632. The second kappa shape index (κ2) is 7.28. The van der Waals surface area contributed by atoms with Gasteiger partial charge in [-0.1, -0.05) is 19.8 Å². The summed E-state index contributed by atoms with van der Waals surface area (Å²) >= 11 is 1.35. The number of hydrogen-bond donors (Lipinski definition) is 0. The molecule has 0 unspecified atom stereocenters. The maximum atomic E-state index is 13.1. The minimum atomic E-state index is 0.00230. The van der Waals surface area contributed by atoms with Crippen LogP contribution in [0, 0.1) is 12.8 Å². The third-order valence-corrected chi connectivity index (χ3v) is 6.73. The summed E-state index contributed by atoms with van der Waals surface area (Å²) in [6, 6.07) is 0.222. The van der Waals surface area contributed by atoms with E-state index in [-0.39, 0.29) is 17.5 Å². The molecule has 3 rings (SSSR count). The molecule has 2 atom stereocenters. The summed E-state index contributed by atoms with van der Waals surface area (Å²) in [4.78, 5) is 33.5. The lowest BCUT2D eigenvalue weighted by molar-refractivity contribution is 0.0777. The van der Waals surface area contributed by atoms with Crippen LogP contribution in [0.2, 0.25) is 0 Å². The number of aryl methyl sites for hydroxylation is 1. The largest absolute Gasteiger partial charge is 0.338 e. The maximum Gasteiger partial charge on any atom is 0.264 e. The van der Waals surface area contributed by atoms with E-state index in [1.807, 2.05) is 25.3 Å². The highest BCUT2D eigenvalue weighted by Crippen LogP contribution is 2.34. The Hall–Kier alpha value is -1.69. The number of nitrogens with zero attached hydrogens (tertiary/aromatic N) is 3. The van der Waals surface area contributed by atoms with Gasteiger partial charge in [0.1, 0.15) is 4.83 Å². The minimum absolute atomic E-state index is 0.00230. The van der Waals surface area contributed by atoms with Gasteiger partial charge in [-0.3, -0.25) is 14.2 Å². The smallest absolute Gasteiger partial charge is 0.264 e. The number of rotatable bonds is 4. The molecule has 0 spiro atoms. The Morgan fingerprint density at radius 2 is 2.00 bits per heavy atom. The number of fused-ring (bicyclic) bond motifs is 1. The number of carbonyl (C=O) groups excluding carboxylic acids is 1. The molecule has 5 nitrogen and oxygen atoms in total. The van der Waals surface area contributed by atoms with E-state index in [4.69, 9.17) is 0 Å². The molecule has 1 aliphatic rings. The third-order valence-electron chi connectivity index (χ3n) is 5.54. The normalized spacial score (nSPS) is 20.8. The van der Waals surface area contributed by atoms with Crippen molar-refractivity contribution in [1.82, 2.24) is 14.5 Å². The average Bonchev–Trinajstić information content (AvgIpc) is 2.95. The van der Waals surface area contributed by atoms with Gasteiger partial charge in [-0.15, -0.1) is 11.3 Å². The van der Waals surface area contributed by atoms with E-state index in [1.165, 1.54) is 17.8 Å². The highest BCUT2D eigenvalue weighted by atomic mass is 32.1. The maximum absolute atomic E-state index is 13.1. The number of amides is 1. The Bertz CT molecular complexity index is 835. The summed E-state index contributed by atoms with van der Waals surface area (Å²) in [6.45, 7) is 9.38. The van der Waals surface area contributed by atoms with Gasteiger partial charge in [-0.25, -0.2) is 4.98 Å². The quantitative estimate of drug-likeness (QED) is 0.827. The van der Waals surface area contributed by atoms with E-state index in [1.54, 1.807) is 11.2 Å². The lowest BCUT2D eigenvalue weighted by Crippen LogP contribution is -2.31. The van der Waals surface area contributed by atoms with Crippen LogP contribution < -0.4 is 5.56 Å². The molecule has 1 saturated carbocycles. The predicted octanol–water partition coefficient (Wildman–Crippen LogP) is 4.00. The fourth-order valence-electron chi connectivity index (χ4n) is 3.94. The summed E-state index contributed by atoms with van der Waals surface area (Å²) in [6.07, 6.45) is 6.28. The van der Waals surface area contributed by atoms with Gasteiger partial charge in [0.05, 0.1) is 16.6 Å². The molecule has 2 heterocycles. The van der Waals surface area contributed by atoms with Gasteiger partial charge in [0.2, 0.25) is 0 Å². The van der Waals surface area contributed by atoms with Gasteiger partial charge in [0.25, 0.3) is 11.5 Å². The lowest BCUT2D eigenvalue weighted by atomic mass is 9.86. The second-order valence-electron chi connectivity index (χ2n) is 7.00. The molecule has 1 amide bonds. The van der Waals surface area contributed by atoms with Crippen molar-refractivity contribution in [3.05, 3.63) is 27.1 Å². The van der Waals surface area contributed by atoms with Crippen molar-refractivity contribution in [2.45, 2.75) is 59.4 Å². The predicted molar refractivity (Wildman–Crippen MR) is 103 cm³/mol. The number of hydrogen-bond acceptors (Lipinski definition) is 4. The zero-order valence-electron chi connectivity index (χ0n) is 15.5. The molecule has 2 aromatic heterocycles. The standard InChI is InChI=1S/C19H27N3O2S/c1-5-21(6-2)19(24)16-13(4)15-17(25-16)20-11-22(18(15)23)14-10-8-7-9-12(14)3/h11-12,14H,5-10H2,1-4H3/t12-,14+/m0/s1. The zero-order valence-corrected chi connectivity index (χ0v) is 16.4.